The summed E-state index contributed by atoms with van der Waals surface area (Å²) >= 11 is 0. The van der Waals surface area contributed by atoms with E-state index in [1.807, 2.05) is 6.07 Å². The van der Waals surface area contributed by atoms with Gasteiger partial charge in [-0.1, -0.05) is 31.1 Å². The number of aliphatic imine (C=N–C) groups is 1. The summed E-state index contributed by atoms with van der Waals surface area (Å²) in [6.07, 6.45) is 1.61. The molecule has 0 aliphatic carbocycles. The average Bonchev–Trinajstić information content (AvgIpc) is 3.28. The first-order valence-corrected chi connectivity index (χ1v) is 8.86. The Hall–Kier alpha value is -1.69. The Bertz CT molecular complexity index is 716. The topological polar surface area (TPSA) is 95.8 Å². The van der Waals surface area contributed by atoms with Gasteiger partial charge in [0.05, 0.1) is 12.2 Å². The van der Waals surface area contributed by atoms with Crippen LogP contribution >= 0.6 is 24.0 Å². The highest BCUT2D eigenvalue weighted by molar-refractivity contribution is 14.0. The van der Waals surface area contributed by atoms with Gasteiger partial charge in [0, 0.05) is 51.3 Å². The van der Waals surface area contributed by atoms with Crippen molar-refractivity contribution in [2.75, 3.05) is 33.2 Å². The molecule has 0 aromatic carbocycles. The molecule has 1 aliphatic heterocycles. The van der Waals surface area contributed by atoms with Crippen molar-refractivity contribution in [3.63, 3.8) is 0 Å². The van der Waals surface area contributed by atoms with Gasteiger partial charge in [-0.2, -0.15) is 4.98 Å². The highest BCUT2D eigenvalue weighted by atomic mass is 127. The lowest BCUT2D eigenvalue weighted by molar-refractivity contribution is 0.169. The fraction of sp³-hybridized carbons (Fsp3) is 0.647. The lowest BCUT2D eigenvalue weighted by Gasteiger charge is -2.36. The minimum atomic E-state index is -0.146. The number of rotatable bonds is 4. The predicted octanol–water partition coefficient (Wildman–Crippen LogP) is 1.87. The van der Waals surface area contributed by atoms with Crippen LogP contribution in [0.3, 0.4) is 0 Å². The molecule has 0 amide bonds. The Morgan fingerprint density at radius 2 is 1.96 bits per heavy atom. The lowest BCUT2D eigenvalue weighted by atomic mass is 9.97. The van der Waals surface area contributed by atoms with Crippen LogP contribution in [0, 0.1) is 0 Å². The molecule has 2 aromatic heterocycles. The number of halogens is 1. The molecule has 0 bridgehead atoms. The molecule has 0 atom stereocenters. The van der Waals surface area contributed by atoms with E-state index in [0.29, 0.717) is 18.3 Å². The van der Waals surface area contributed by atoms with Gasteiger partial charge in [0.15, 0.2) is 11.8 Å². The number of hydrogen-bond donors (Lipinski definition) is 1. The van der Waals surface area contributed by atoms with E-state index < -0.39 is 0 Å². The Kier molecular flexibility index (Phi) is 7.59. The van der Waals surface area contributed by atoms with Crippen molar-refractivity contribution < 1.29 is 9.05 Å². The second kappa shape index (κ2) is 9.49. The summed E-state index contributed by atoms with van der Waals surface area (Å²) < 4.78 is 10.2. The van der Waals surface area contributed by atoms with E-state index in [2.05, 4.69) is 56.2 Å². The first kappa shape index (κ1) is 21.6. The molecule has 0 saturated carbocycles. The normalized spacial score (nSPS) is 16.3. The Morgan fingerprint density at radius 3 is 2.52 bits per heavy atom. The molecular weight excluding hydrogens is 461 g/mol. The first-order valence-electron chi connectivity index (χ1n) is 8.86. The standard InChI is InChI=1S/C17H27N7O2.HI/c1-17(2,3)15-20-14(22-26-15)11-19-16(18-4)24-8-6-23(7-9-24)12-13-5-10-25-21-13;/h5,10H,6-9,11-12H2,1-4H3,(H,18,19);1H. The van der Waals surface area contributed by atoms with Crippen LogP contribution in [0.5, 0.6) is 0 Å². The molecule has 27 heavy (non-hydrogen) atoms. The van der Waals surface area contributed by atoms with Gasteiger partial charge in [-0.25, -0.2) is 0 Å². The van der Waals surface area contributed by atoms with E-state index in [0.717, 1.165) is 44.4 Å². The van der Waals surface area contributed by atoms with Crippen molar-refractivity contribution in [3.05, 3.63) is 29.7 Å². The average molecular weight is 489 g/mol. The number of aromatic nitrogens is 3. The summed E-state index contributed by atoms with van der Waals surface area (Å²) in [6, 6.07) is 1.91. The van der Waals surface area contributed by atoms with Crippen molar-refractivity contribution in [2.24, 2.45) is 4.99 Å². The summed E-state index contributed by atoms with van der Waals surface area (Å²) in [6.45, 7) is 11.2. The third-order valence-electron chi connectivity index (χ3n) is 4.27. The second-order valence-electron chi connectivity index (χ2n) is 7.42. The second-order valence-corrected chi connectivity index (χ2v) is 7.42. The zero-order chi connectivity index (χ0) is 18.6. The van der Waals surface area contributed by atoms with E-state index >= 15 is 0 Å². The van der Waals surface area contributed by atoms with Gasteiger partial charge in [-0.05, 0) is 0 Å². The minimum Gasteiger partial charge on any atom is -0.364 e. The Labute approximate surface area is 176 Å². The summed E-state index contributed by atoms with van der Waals surface area (Å²) in [4.78, 5) is 13.4. The molecule has 150 valence electrons. The molecule has 1 fully saturated rings. The Morgan fingerprint density at radius 1 is 1.22 bits per heavy atom. The maximum Gasteiger partial charge on any atom is 0.232 e. The van der Waals surface area contributed by atoms with E-state index in [1.165, 1.54) is 0 Å². The molecule has 0 radical (unpaired) electrons. The molecular formula is C17H28IN7O2. The molecule has 1 N–H and O–H groups in total. The quantitative estimate of drug-likeness (QED) is 0.395. The SMILES string of the molecule is CN=C(NCc1noc(C(C)(C)C)n1)N1CCN(Cc2ccon2)CC1.I. The van der Waals surface area contributed by atoms with Crippen molar-refractivity contribution in [3.8, 4) is 0 Å². The van der Waals surface area contributed by atoms with Crippen molar-refractivity contribution >= 4 is 29.9 Å². The maximum atomic E-state index is 5.33. The molecule has 9 nitrogen and oxygen atoms in total. The van der Waals surface area contributed by atoms with Crippen LogP contribution in [-0.2, 0) is 18.5 Å². The smallest absolute Gasteiger partial charge is 0.232 e. The molecule has 10 heteroatoms. The van der Waals surface area contributed by atoms with Gasteiger partial charge in [-0.15, -0.1) is 24.0 Å². The lowest BCUT2D eigenvalue weighted by Crippen LogP contribution is -2.52. The predicted molar refractivity (Wildman–Crippen MR) is 112 cm³/mol. The zero-order valence-corrected chi connectivity index (χ0v) is 18.6. The largest absolute Gasteiger partial charge is 0.364 e. The highest BCUT2D eigenvalue weighted by Crippen LogP contribution is 2.19. The van der Waals surface area contributed by atoms with Crippen LogP contribution in [-0.4, -0.2) is 64.3 Å². The van der Waals surface area contributed by atoms with Crippen molar-refractivity contribution in [2.45, 2.75) is 39.3 Å². The maximum absolute atomic E-state index is 5.33. The summed E-state index contributed by atoms with van der Waals surface area (Å²) in [5, 5.41) is 11.3. The van der Waals surface area contributed by atoms with Crippen molar-refractivity contribution in [1.82, 2.24) is 30.4 Å². The van der Waals surface area contributed by atoms with Crippen LogP contribution in [0.2, 0.25) is 0 Å². The molecule has 1 aliphatic rings. The van der Waals surface area contributed by atoms with E-state index in [9.17, 15) is 0 Å². The highest BCUT2D eigenvalue weighted by Gasteiger charge is 2.23. The molecule has 2 aromatic rings. The molecule has 0 spiro atoms. The Balaban J connectivity index is 0.00000261. The summed E-state index contributed by atoms with van der Waals surface area (Å²) in [5.41, 5.74) is 0.820. The number of nitrogens with one attached hydrogen (secondary N) is 1. The van der Waals surface area contributed by atoms with Gasteiger partial charge < -0.3 is 19.3 Å². The fourth-order valence-corrected chi connectivity index (χ4v) is 2.79. The monoisotopic (exact) mass is 489 g/mol. The molecule has 1 saturated heterocycles. The van der Waals surface area contributed by atoms with Gasteiger partial charge in [-0.3, -0.25) is 9.89 Å². The fourth-order valence-electron chi connectivity index (χ4n) is 2.79. The van der Waals surface area contributed by atoms with Crippen LogP contribution in [0.15, 0.2) is 26.4 Å². The summed E-state index contributed by atoms with van der Waals surface area (Å²) in [7, 11) is 1.79. The number of nitrogens with zero attached hydrogens (tertiary/aromatic N) is 6. The summed E-state index contributed by atoms with van der Waals surface area (Å²) in [5.74, 6) is 2.14. The van der Waals surface area contributed by atoms with Crippen LogP contribution < -0.4 is 5.32 Å². The van der Waals surface area contributed by atoms with Crippen LogP contribution in [0.25, 0.3) is 0 Å². The minimum absolute atomic E-state index is 0. The van der Waals surface area contributed by atoms with Gasteiger partial charge in [0.25, 0.3) is 0 Å². The molecule has 0 unspecified atom stereocenters. The third kappa shape index (κ3) is 5.89. The van der Waals surface area contributed by atoms with Gasteiger partial charge >= 0.3 is 0 Å². The van der Waals surface area contributed by atoms with Gasteiger partial charge in [0.2, 0.25) is 5.89 Å². The molecule has 3 heterocycles. The number of guanidine groups is 1. The zero-order valence-electron chi connectivity index (χ0n) is 16.3. The van der Waals surface area contributed by atoms with Crippen LogP contribution in [0.4, 0.5) is 0 Å². The third-order valence-corrected chi connectivity index (χ3v) is 4.27. The van der Waals surface area contributed by atoms with Crippen LogP contribution in [0.1, 0.15) is 38.2 Å². The van der Waals surface area contributed by atoms with E-state index in [4.69, 9.17) is 9.05 Å². The van der Waals surface area contributed by atoms with E-state index in [1.54, 1.807) is 13.3 Å². The molecule has 3 rings (SSSR count). The van der Waals surface area contributed by atoms with Crippen molar-refractivity contribution in [1.29, 1.82) is 0 Å². The number of hydrogen-bond acceptors (Lipinski definition) is 7. The van der Waals surface area contributed by atoms with E-state index in [-0.39, 0.29) is 29.4 Å². The first-order chi connectivity index (χ1) is 12.5. The van der Waals surface area contributed by atoms with Gasteiger partial charge in [0.1, 0.15) is 6.26 Å². The number of piperazine rings is 1.